The topological polar surface area (TPSA) is 39.1 Å². The number of rotatable bonds is 8. The highest BCUT2D eigenvalue weighted by molar-refractivity contribution is 5.77. The standard InChI is InChI=1S/C20H25N3O/c1-3-4-5-6-13-21-16-7-9-17(10-8-16)24-18-11-12-19-20(14-18)23(2)15-22-19/h7-12,14-15,21H,3-6,13H2,1-2H3. The highest BCUT2D eigenvalue weighted by Gasteiger charge is 2.03. The Balaban J connectivity index is 1.57. The van der Waals surface area contributed by atoms with E-state index in [2.05, 4.69) is 29.4 Å². The lowest BCUT2D eigenvalue weighted by atomic mass is 10.2. The third kappa shape index (κ3) is 4.07. The zero-order valence-electron chi connectivity index (χ0n) is 14.5. The minimum Gasteiger partial charge on any atom is -0.457 e. The van der Waals surface area contributed by atoms with Crippen LogP contribution in [0.3, 0.4) is 0 Å². The normalized spacial score (nSPS) is 10.9. The van der Waals surface area contributed by atoms with Crippen LogP contribution < -0.4 is 10.1 Å². The Bertz CT molecular complexity index is 777. The molecule has 0 amide bonds. The largest absolute Gasteiger partial charge is 0.457 e. The predicted molar refractivity (Wildman–Crippen MR) is 99.9 cm³/mol. The number of aromatic nitrogens is 2. The van der Waals surface area contributed by atoms with E-state index in [9.17, 15) is 0 Å². The predicted octanol–water partition coefficient (Wildman–Crippen LogP) is 5.36. The Morgan fingerprint density at radius 2 is 1.79 bits per heavy atom. The molecule has 4 nitrogen and oxygen atoms in total. The van der Waals surface area contributed by atoms with E-state index in [1.165, 1.54) is 25.7 Å². The van der Waals surface area contributed by atoms with Crippen LogP contribution in [-0.4, -0.2) is 16.1 Å². The number of anilines is 1. The van der Waals surface area contributed by atoms with Crippen LogP contribution in [0.4, 0.5) is 5.69 Å². The van der Waals surface area contributed by atoms with Crippen molar-refractivity contribution in [2.75, 3.05) is 11.9 Å². The SMILES string of the molecule is CCCCCCNc1ccc(Oc2ccc3ncn(C)c3c2)cc1. The average molecular weight is 323 g/mol. The summed E-state index contributed by atoms with van der Waals surface area (Å²) in [7, 11) is 1.99. The Kier molecular flexibility index (Phi) is 5.36. The number of nitrogens with zero attached hydrogens (tertiary/aromatic N) is 2. The number of imidazole rings is 1. The summed E-state index contributed by atoms with van der Waals surface area (Å²) in [5.74, 6) is 1.67. The van der Waals surface area contributed by atoms with Crippen molar-refractivity contribution in [2.24, 2.45) is 7.05 Å². The van der Waals surface area contributed by atoms with Gasteiger partial charge in [0.1, 0.15) is 11.5 Å². The van der Waals surface area contributed by atoms with Crippen molar-refractivity contribution in [3.8, 4) is 11.5 Å². The molecule has 1 heterocycles. The van der Waals surface area contributed by atoms with Gasteiger partial charge in [0.2, 0.25) is 0 Å². The maximum atomic E-state index is 5.95. The molecule has 1 N–H and O–H groups in total. The van der Waals surface area contributed by atoms with Crippen LogP contribution in [0.1, 0.15) is 32.6 Å². The minimum absolute atomic E-state index is 0.825. The van der Waals surface area contributed by atoms with Crippen LogP contribution in [-0.2, 0) is 7.05 Å². The molecule has 0 aliphatic carbocycles. The molecular weight excluding hydrogens is 298 g/mol. The molecule has 0 fully saturated rings. The van der Waals surface area contributed by atoms with E-state index < -0.39 is 0 Å². The van der Waals surface area contributed by atoms with Gasteiger partial charge in [-0.25, -0.2) is 4.98 Å². The minimum atomic E-state index is 0.825. The molecule has 0 radical (unpaired) electrons. The first-order valence-corrected chi connectivity index (χ1v) is 8.69. The van der Waals surface area contributed by atoms with Gasteiger partial charge in [0.15, 0.2) is 0 Å². The Morgan fingerprint density at radius 1 is 1.00 bits per heavy atom. The van der Waals surface area contributed by atoms with Gasteiger partial charge in [0.05, 0.1) is 17.4 Å². The van der Waals surface area contributed by atoms with Crippen LogP contribution in [0.25, 0.3) is 11.0 Å². The Morgan fingerprint density at radius 3 is 2.58 bits per heavy atom. The Hall–Kier alpha value is -2.49. The van der Waals surface area contributed by atoms with Gasteiger partial charge in [-0.15, -0.1) is 0 Å². The summed E-state index contributed by atoms with van der Waals surface area (Å²) in [5.41, 5.74) is 3.19. The first kappa shape index (κ1) is 16.4. The van der Waals surface area contributed by atoms with Crippen molar-refractivity contribution in [3.63, 3.8) is 0 Å². The molecular formula is C20H25N3O. The molecule has 0 bridgehead atoms. The monoisotopic (exact) mass is 323 g/mol. The lowest BCUT2D eigenvalue weighted by Crippen LogP contribution is -2.00. The van der Waals surface area contributed by atoms with E-state index in [0.29, 0.717) is 0 Å². The number of hydrogen-bond acceptors (Lipinski definition) is 3. The molecule has 0 spiro atoms. The van der Waals surface area contributed by atoms with Crippen LogP contribution >= 0.6 is 0 Å². The summed E-state index contributed by atoms with van der Waals surface area (Å²) in [6.07, 6.45) is 6.92. The third-order valence-corrected chi connectivity index (χ3v) is 4.15. The second kappa shape index (κ2) is 7.86. The summed E-state index contributed by atoms with van der Waals surface area (Å²) >= 11 is 0. The fourth-order valence-electron chi connectivity index (χ4n) is 2.73. The van der Waals surface area contributed by atoms with Crippen LogP contribution in [0.2, 0.25) is 0 Å². The maximum absolute atomic E-state index is 5.95. The zero-order chi connectivity index (χ0) is 16.8. The van der Waals surface area contributed by atoms with Crippen LogP contribution in [0, 0.1) is 0 Å². The van der Waals surface area contributed by atoms with Gasteiger partial charge >= 0.3 is 0 Å². The maximum Gasteiger partial charge on any atom is 0.129 e. The number of ether oxygens (including phenoxy) is 1. The molecule has 24 heavy (non-hydrogen) atoms. The van der Waals surface area contributed by atoms with E-state index in [0.717, 1.165) is 34.8 Å². The van der Waals surface area contributed by atoms with Gasteiger partial charge in [0, 0.05) is 25.3 Å². The second-order valence-corrected chi connectivity index (χ2v) is 6.12. The number of fused-ring (bicyclic) bond motifs is 1. The van der Waals surface area contributed by atoms with Gasteiger partial charge in [0.25, 0.3) is 0 Å². The number of hydrogen-bond donors (Lipinski definition) is 1. The smallest absolute Gasteiger partial charge is 0.129 e. The third-order valence-electron chi connectivity index (χ3n) is 4.15. The van der Waals surface area contributed by atoms with E-state index in [-0.39, 0.29) is 0 Å². The molecule has 0 saturated carbocycles. The summed E-state index contributed by atoms with van der Waals surface area (Å²) in [6.45, 7) is 3.26. The Labute approximate surface area is 143 Å². The lowest BCUT2D eigenvalue weighted by Gasteiger charge is -2.09. The van der Waals surface area contributed by atoms with Crippen LogP contribution in [0.15, 0.2) is 48.8 Å². The molecule has 4 heteroatoms. The first-order chi connectivity index (χ1) is 11.8. The average Bonchev–Trinajstić information content (AvgIpc) is 2.97. The van der Waals surface area contributed by atoms with Crippen LogP contribution in [0.5, 0.6) is 11.5 Å². The van der Waals surface area contributed by atoms with Crippen molar-refractivity contribution in [3.05, 3.63) is 48.8 Å². The second-order valence-electron chi connectivity index (χ2n) is 6.12. The fourth-order valence-corrected chi connectivity index (χ4v) is 2.73. The highest BCUT2D eigenvalue weighted by Crippen LogP contribution is 2.26. The lowest BCUT2D eigenvalue weighted by molar-refractivity contribution is 0.483. The van der Waals surface area contributed by atoms with Gasteiger partial charge in [-0.1, -0.05) is 26.2 Å². The fraction of sp³-hybridized carbons (Fsp3) is 0.350. The summed E-state index contributed by atoms with van der Waals surface area (Å²) in [6, 6.07) is 14.1. The van der Waals surface area contributed by atoms with Crippen molar-refractivity contribution in [1.29, 1.82) is 0 Å². The van der Waals surface area contributed by atoms with Gasteiger partial charge < -0.3 is 14.6 Å². The van der Waals surface area contributed by atoms with Crippen molar-refractivity contribution in [2.45, 2.75) is 32.6 Å². The van der Waals surface area contributed by atoms with Crippen molar-refractivity contribution >= 4 is 16.7 Å². The first-order valence-electron chi connectivity index (χ1n) is 8.69. The molecule has 2 aromatic carbocycles. The number of aryl methyl sites for hydroxylation is 1. The summed E-state index contributed by atoms with van der Waals surface area (Å²) < 4.78 is 7.95. The quantitative estimate of drug-likeness (QED) is 0.567. The summed E-state index contributed by atoms with van der Waals surface area (Å²) in [5, 5.41) is 3.46. The summed E-state index contributed by atoms with van der Waals surface area (Å²) in [4.78, 5) is 4.32. The van der Waals surface area contributed by atoms with E-state index in [4.69, 9.17) is 4.74 Å². The molecule has 126 valence electrons. The van der Waals surface area contributed by atoms with Crippen molar-refractivity contribution < 1.29 is 4.74 Å². The molecule has 3 aromatic rings. The van der Waals surface area contributed by atoms with Gasteiger partial charge in [-0.2, -0.15) is 0 Å². The molecule has 0 saturated heterocycles. The number of benzene rings is 2. The highest BCUT2D eigenvalue weighted by atomic mass is 16.5. The number of unbranched alkanes of at least 4 members (excludes halogenated alkanes) is 3. The number of nitrogens with one attached hydrogen (secondary N) is 1. The zero-order valence-corrected chi connectivity index (χ0v) is 14.5. The van der Waals surface area contributed by atoms with E-state index in [1.807, 2.05) is 48.3 Å². The molecule has 1 aromatic heterocycles. The molecule has 0 unspecified atom stereocenters. The molecule has 0 aliphatic heterocycles. The van der Waals surface area contributed by atoms with Crippen molar-refractivity contribution in [1.82, 2.24) is 9.55 Å². The molecule has 0 aliphatic rings. The molecule has 3 rings (SSSR count). The van der Waals surface area contributed by atoms with E-state index >= 15 is 0 Å². The molecule has 0 atom stereocenters. The van der Waals surface area contributed by atoms with E-state index in [1.54, 1.807) is 0 Å². The van der Waals surface area contributed by atoms with Gasteiger partial charge in [-0.3, -0.25) is 0 Å². The van der Waals surface area contributed by atoms with Gasteiger partial charge in [-0.05, 0) is 42.8 Å².